The van der Waals surface area contributed by atoms with Crippen LogP contribution in [-0.2, 0) is 0 Å². The number of nitriles is 1. The summed E-state index contributed by atoms with van der Waals surface area (Å²) < 4.78 is 4.51. The van der Waals surface area contributed by atoms with Crippen LogP contribution in [0.3, 0.4) is 0 Å². The maximum absolute atomic E-state index is 8.61. The molecule has 1 rings (SSSR count). The monoisotopic (exact) mass is 202 g/mol. The summed E-state index contributed by atoms with van der Waals surface area (Å²) in [4.78, 5) is 0. The van der Waals surface area contributed by atoms with Crippen LogP contribution in [0.5, 0.6) is 0 Å². The Morgan fingerprint density at radius 1 is 1.21 bits per heavy atom. The van der Waals surface area contributed by atoms with Gasteiger partial charge in [0.2, 0.25) is 0 Å². The predicted octanol–water partition coefficient (Wildman–Crippen LogP) is 2.81. The lowest BCUT2D eigenvalue weighted by Crippen LogP contribution is -2.16. The molecule has 0 heterocycles. The average Bonchev–Trinajstić information content (AvgIpc) is 2.14. The second-order valence-electron chi connectivity index (χ2n) is 4.16. The number of hydrogen-bond acceptors (Lipinski definition) is 2. The minimum absolute atomic E-state index is 0.690. The second-order valence-corrected chi connectivity index (χ2v) is 8.76. The molecule has 14 heavy (non-hydrogen) atoms. The van der Waals surface area contributed by atoms with Crippen LogP contribution < -0.4 is 0 Å². The van der Waals surface area contributed by atoms with Gasteiger partial charge >= 0.3 is 0 Å². The van der Waals surface area contributed by atoms with Gasteiger partial charge in [-0.05, 0) is 37.3 Å². The fourth-order valence-electron chi connectivity index (χ4n) is 0.912. The van der Waals surface area contributed by atoms with Crippen LogP contribution in [0.1, 0.15) is 11.1 Å². The predicted molar refractivity (Wildman–Crippen MR) is 62.1 cm³/mol. The maximum Gasteiger partial charge on any atom is 0.172 e. The minimum atomic E-state index is -1.36. The number of benzene rings is 1. The quantitative estimate of drug-likeness (QED) is 0.536. The lowest BCUT2D eigenvalue weighted by Gasteiger charge is -2.07. The summed E-state index contributed by atoms with van der Waals surface area (Å²) in [5.74, 6) is 0. The van der Waals surface area contributed by atoms with Crippen LogP contribution in [0.4, 0.5) is 0 Å². The normalized spacial score (nSPS) is 11.6. The molecular formula is C11H14N2Si. The Morgan fingerprint density at radius 3 is 2.21 bits per heavy atom. The first-order valence-electron chi connectivity index (χ1n) is 4.57. The molecule has 0 aliphatic carbocycles. The van der Waals surface area contributed by atoms with Gasteiger partial charge in [0.15, 0.2) is 8.24 Å². The van der Waals surface area contributed by atoms with Crippen molar-refractivity contribution in [3.05, 3.63) is 35.4 Å². The van der Waals surface area contributed by atoms with Crippen LogP contribution in [0.15, 0.2) is 28.9 Å². The first-order chi connectivity index (χ1) is 6.51. The van der Waals surface area contributed by atoms with E-state index in [1.165, 1.54) is 0 Å². The molecule has 3 heteroatoms. The van der Waals surface area contributed by atoms with Crippen LogP contribution in [0.25, 0.3) is 0 Å². The van der Waals surface area contributed by atoms with Gasteiger partial charge in [-0.15, -0.1) is 0 Å². The van der Waals surface area contributed by atoms with E-state index in [1.54, 1.807) is 0 Å². The molecule has 0 saturated heterocycles. The Bertz CT molecular complexity index is 366. The Morgan fingerprint density at radius 2 is 1.79 bits per heavy atom. The Balaban J connectivity index is 2.80. The third-order valence-electron chi connectivity index (χ3n) is 1.64. The standard InChI is InChI=1S/C11H14N2Si/c1-14(2,3)13-9-11-6-4-10(8-12)5-7-11/h4-7,9H,1-3H3. The number of hydrogen-bond donors (Lipinski definition) is 0. The highest BCUT2D eigenvalue weighted by Gasteiger charge is 2.08. The van der Waals surface area contributed by atoms with E-state index < -0.39 is 8.24 Å². The van der Waals surface area contributed by atoms with Crippen molar-refractivity contribution in [1.29, 1.82) is 5.26 Å². The molecule has 0 spiro atoms. The fourth-order valence-corrected chi connectivity index (χ4v) is 1.45. The van der Waals surface area contributed by atoms with E-state index >= 15 is 0 Å². The molecule has 2 nitrogen and oxygen atoms in total. The highest BCUT2D eigenvalue weighted by molar-refractivity contribution is 6.75. The summed E-state index contributed by atoms with van der Waals surface area (Å²) in [6.07, 6.45) is 1.90. The van der Waals surface area contributed by atoms with E-state index in [2.05, 4.69) is 30.4 Å². The molecule has 0 amide bonds. The molecule has 0 aliphatic heterocycles. The van der Waals surface area contributed by atoms with Crippen molar-refractivity contribution in [3.8, 4) is 6.07 Å². The van der Waals surface area contributed by atoms with Crippen molar-refractivity contribution in [1.82, 2.24) is 0 Å². The minimum Gasteiger partial charge on any atom is -0.329 e. The molecule has 0 aromatic heterocycles. The Kier molecular flexibility index (Phi) is 3.21. The lowest BCUT2D eigenvalue weighted by molar-refractivity contribution is 1.48. The van der Waals surface area contributed by atoms with Crippen LogP contribution in [0.2, 0.25) is 19.6 Å². The van der Waals surface area contributed by atoms with E-state index in [0.29, 0.717) is 5.56 Å². The van der Waals surface area contributed by atoms with Gasteiger partial charge in [-0.2, -0.15) is 5.26 Å². The van der Waals surface area contributed by atoms with Crippen molar-refractivity contribution in [2.24, 2.45) is 4.66 Å². The van der Waals surface area contributed by atoms with Crippen molar-refractivity contribution in [3.63, 3.8) is 0 Å². The van der Waals surface area contributed by atoms with Gasteiger partial charge in [-0.25, -0.2) is 0 Å². The van der Waals surface area contributed by atoms with Gasteiger partial charge in [-0.1, -0.05) is 12.1 Å². The second kappa shape index (κ2) is 4.21. The van der Waals surface area contributed by atoms with Crippen LogP contribution in [-0.4, -0.2) is 14.5 Å². The smallest absolute Gasteiger partial charge is 0.172 e. The molecule has 0 unspecified atom stereocenters. The summed E-state index contributed by atoms with van der Waals surface area (Å²) in [6, 6.07) is 9.55. The SMILES string of the molecule is C[Si](C)(C)N=Cc1ccc(C#N)cc1. The van der Waals surface area contributed by atoms with Crippen molar-refractivity contribution >= 4 is 14.5 Å². The molecule has 0 radical (unpaired) electrons. The summed E-state index contributed by atoms with van der Waals surface area (Å²) in [5.41, 5.74) is 1.75. The van der Waals surface area contributed by atoms with Gasteiger partial charge in [0, 0.05) is 6.21 Å². The molecule has 0 saturated carbocycles. The van der Waals surface area contributed by atoms with E-state index in [1.807, 2.05) is 30.5 Å². The fraction of sp³-hybridized carbons (Fsp3) is 0.273. The largest absolute Gasteiger partial charge is 0.329 e. The molecule has 0 fully saturated rings. The molecule has 1 aromatic rings. The molecule has 72 valence electrons. The van der Waals surface area contributed by atoms with E-state index in [-0.39, 0.29) is 0 Å². The molecule has 0 bridgehead atoms. The lowest BCUT2D eigenvalue weighted by atomic mass is 10.2. The van der Waals surface area contributed by atoms with E-state index in [9.17, 15) is 0 Å². The molecular weight excluding hydrogens is 188 g/mol. The van der Waals surface area contributed by atoms with Crippen LogP contribution >= 0.6 is 0 Å². The van der Waals surface area contributed by atoms with Crippen molar-refractivity contribution in [2.45, 2.75) is 19.6 Å². The topological polar surface area (TPSA) is 36.1 Å². The first kappa shape index (κ1) is 10.7. The molecule has 0 aliphatic rings. The highest BCUT2D eigenvalue weighted by atomic mass is 28.3. The van der Waals surface area contributed by atoms with E-state index in [4.69, 9.17) is 5.26 Å². The van der Waals surface area contributed by atoms with Gasteiger partial charge in [0.05, 0.1) is 11.6 Å². The van der Waals surface area contributed by atoms with Crippen molar-refractivity contribution in [2.75, 3.05) is 0 Å². The van der Waals surface area contributed by atoms with E-state index in [0.717, 1.165) is 5.56 Å². The molecule has 0 N–H and O–H groups in total. The Hall–Kier alpha value is -1.40. The van der Waals surface area contributed by atoms with Gasteiger partial charge in [0.25, 0.3) is 0 Å². The Labute approximate surface area is 86.0 Å². The van der Waals surface area contributed by atoms with Gasteiger partial charge < -0.3 is 4.66 Å². The summed E-state index contributed by atoms with van der Waals surface area (Å²) in [7, 11) is -1.36. The zero-order valence-electron chi connectivity index (χ0n) is 8.78. The third-order valence-corrected chi connectivity index (χ3v) is 2.54. The zero-order valence-corrected chi connectivity index (χ0v) is 9.78. The number of nitrogens with zero attached hydrogens (tertiary/aromatic N) is 2. The molecule has 0 atom stereocenters. The molecule has 1 aromatic carbocycles. The van der Waals surface area contributed by atoms with Gasteiger partial charge in [-0.3, -0.25) is 0 Å². The maximum atomic E-state index is 8.61. The number of rotatable bonds is 2. The first-order valence-corrected chi connectivity index (χ1v) is 8.01. The highest BCUT2D eigenvalue weighted by Crippen LogP contribution is 2.04. The van der Waals surface area contributed by atoms with Crippen LogP contribution in [0, 0.1) is 11.3 Å². The summed E-state index contributed by atoms with van der Waals surface area (Å²) >= 11 is 0. The zero-order chi connectivity index (χ0) is 10.6. The summed E-state index contributed by atoms with van der Waals surface area (Å²) in [6.45, 7) is 6.56. The van der Waals surface area contributed by atoms with Crippen molar-refractivity contribution < 1.29 is 0 Å². The van der Waals surface area contributed by atoms with Gasteiger partial charge in [0.1, 0.15) is 0 Å². The average molecular weight is 202 g/mol. The third kappa shape index (κ3) is 3.54. The summed E-state index contributed by atoms with van der Waals surface area (Å²) in [5, 5.41) is 8.61.